The lowest BCUT2D eigenvalue weighted by Gasteiger charge is -2.23. The van der Waals surface area contributed by atoms with E-state index < -0.39 is 29.8 Å². The molecule has 222 valence electrons. The van der Waals surface area contributed by atoms with Crippen molar-refractivity contribution < 1.29 is 22.3 Å². The number of nitrogens with zero attached hydrogens (tertiary/aromatic N) is 6. The summed E-state index contributed by atoms with van der Waals surface area (Å²) in [5.74, 6) is 0.668. The molecule has 2 atom stereocenters. The molecule has 2 aromatic carbocycles. The van der Waals surface area contributed by atoms with E-state index in [-0.39, 0.29) is 41.0 Å². The Morgan fingerprint density at radius 2 is 1.79 bits per heavy atom. The predicted octanol–water partition coefficient (Wildman–Crippen LogP) is 6.59. The number of ether oxygens (including phenoxy) is 1. The van der Waals surface area contributed by atoms with Gasteiger partial charge < -0.3 is 19.6 Å². The molecule has 43 heavy (non-hydrogen) atoms. The molecule has 0 spiro atoms. The summed E-state index contributed by atoms with van der Waals surface area (Å²) in [6.07, 6.45) is 5.04. The highest BCUT2D eigenvalue weighted by Crippen LogP contribution is 2.52. The number of fused-ring (bicyclic) bond motifs is 6. The number of aromatic nitrogens is 6. The lowest BCUT2D eigenvalue weighted by molar-refractivity contribution is -0.0506. The van der Waals surface area contributed by atoms with E-state index in [0.717, 1.165) is 12.8 Å². The van der Waals surface area contributed by atoms with Gasteiger partial charge >= 0.3 is 6.61 Å². The summed E-state index contributed by atoms with van der Waals surface area (Å²) in [5, 5.41) is 8.63. The van der Waals surface area contributed by atoms with Crippen molar-refractivity contribution in [1.29, 1.82) is 0 Å². The van der Waals surface area contributed by atoms with Crippen LogP contribution in [0.1, 0.15) is 67.1 Å². The summed E-state index contributed by atoms with van der Waals surface area (Å²) in [5.41, 5.74) is 8.37. The van der Waals surface area contributed by atoms with Gasteiger partial charge in [-0.15, -0.1) is 22.6 Å². The van der Waals surface area contributed by atoms with Gasteiger partial charge in [0.05, 0.1) is 34.3 Å². The number of benzene rings is 2. The molecule has 5 heterocycles. The average molecular weight is 612 g/mol. The first kappa shape index (κ1) is 27.8. The number of aryl methyl sites for hydroxylation is 1. The van der Waals surface area contributed by atoms with Crippen molar-refractivity contribution in [2.24, 2.45) is 5.73 Å². The van der Waals surface area contributed by atoms with Crippen molar-refractivity contribution in [1.82, 2.24) is 29.3 Å². The van der Waals surface area contributed by atoms with E-state index in [1.54, 1.807) is 12.1 Å². The summed E-state index contributed by atoms with van der Waals surface area (Å²) >= 11 is 0. The van der Waals surface area contributed by atoms with Gasteiger partial charge in [-0.05, 0) is 38.0 Å². The highest BCUT2D eigenvalue weighted by molar-refractivity contribution is 5.85. The first-order chi connectivity index (χ1) is 20.2. The van der Waals surface area contributed by atoms with Gasteiger partial charge in [-0.25, -0.2) is 13.8 Å². The van der Waals surface area contributed by atoms with Gasteiger partial charge in [-0.3, -0.25) is 4.98 Å². The van der Waals surface area contributed by atoms with Gasteiger partial charge in [0.2, 0.25) is 0 Å². The molecule has 1 fully saturated rings. The Kier molecular flexibility index (Phi) is 6.30. The molecule has 1 saturated carbocycles. The third-order valence-corrected chi connectivity index (χ3v) is 9.02. The monoisotopic (exact) mass is 611 g/mol. The number of hydrogen-bond acceptors (Lipinski definition) is 6. The third-order valence-electron chi connectivity index (χ3n) is 9.02. The van der Waals surface area contributed by atoms with Crippen LogP contribution < -0.4 is 10.5 Å². The second-order valence-corrected chi connectivity index (χ2v) is 11.4. The van der Waals surface area contributed by atoms with E-state index in [9.17, 15) is 8.78 Å². The summed E-state index contributed by atoms with van der Waals surface area (Å²) in [6, 6.07) is 8.39. The number of hydrogen-bond donors (Lipinski definition) is 1. The number of nitrogens with two attached hydrogens (primary N) is 1. The fraction of sp³-hybridized carbons (Fsp3) is 0.333. The van der Waals surface area contributed by atoms with E-state index in [0.29, 0.717) is 58.9 Å². The SMILES string of the molecule is Cc1nnc2n1[C@@H]1C[C@H](c3c(OC(F)F)cccc3-2)n2c1nc1cc(F)c(-c3cnc(C4(N)CCCC4)c(F)c3)cc12.Cl. The molecule has 8 rings (SSSR count). The molecule has 3 aromatic heterocycles. The number of alkyl halides is 2. The van der Waals surface area contributed by atoms with Crippen LogP contribution in [-0.4, -0.2) is 35.9 Å². The Balaban J connectivity index is 0.00000300. The van der Waals surface area contributed by atoms with Gasteiger partial charge in [0, 0.05) is 40.9 Å². The van der Waals surface area contributed by atoms with E-state index in [4.69, 9.17) is 15.5 Å². The van der Waals surface area contributed by atoms with Crippen LogP contribution in [-0.2, 0) is 5.54 Å². The van der Waals surface area contributed by atoms with Crippen LogP contribution in [0.15, 0.2) is 42.6 Å². The minimum absolute atomic E-state index is 0. The fourth-order valence-corrected chi connectivity index (χ4v) is 7.21. The third kappa shape index (κ3) is 3.99. The first-order valence-corrected chi connectivity index (χ1v) is 13.9. The number of halogens is 5. The second kappa shape index (κ2) is 9.75. The Hall–Kier alpha value is -4.03. The largest absolute Gasteiger partial charge is 0.434 e. The molecule has 2 N–H and O–H groups in total. The Morgan fingerprint density at radius 1 is 1.00 bits per heavy atom. The van der Waals surface area contributed by atoms with Gasteiger partial charge in [0.25, 0.3) is 0 Å². The van der Waals surface area contributed by atoms with Crippen molar-refractivity contribution in [2.75, 3.05) is 0 Å². The zero-order valence-electron chi connectivity index (χ0n) is 22.9. The molecular formula is C30H26ClF4N7O. The van der Waals surface area contributed by atoms with Crippen LogP contribution in [0.4, 0.5) is 17.6 Å². The van der Waals surface area contributed by atoms with Crippen molar-refractivity contribution in [3.8, 4) is 28.3 Å². The minimum Gasteiger partial charge on any atom is -0.434 e. The summed E-state index contributed by atoms with van der Waals surface area (Å²) in [4.78, 5) is 9.16. The standard InChI is InChI=1S/C30H25F4N7O.ClH/c1-14-38-39-27-16-5-4-6-24(42-29(33)34)25(16)22-12-23(40(14)27)28-37-20-11-18(31)17(10-21(20)41(22)28)15-9-19(32)26(36-13-15)30(35)7-2-3-8-30;/h4-6,9-11,13,22-23,29H,2-3,7-8,12,35H2,1H3;1H/t22-,23-;/m1./s1. The topological polar surface area (TPSA) is 96.7 Å². The minimum atomic E-state index is -3.03. The van der Waals surface area contributed by atoms with Crippen LogP contribution in [0.2, 0.25) is 0 Å². The molecule has 0 amide bonds. The van der Waals surface area contributed by atoms with E-state index in [1.165, 1.54) is 24.4 Å². The quantitative estimate of drug-likeness (QED) is 0.230. The normalized spacial score (nSPS) is 19.6. The van der Waals surface area contributed by atoms with Crippen LogP contribution >= 0.6 is 12.4 Å². The molecule has 0 unspecified atom stereocenters. The highest BCUT2D eigenvalue weighted by atomic mass is 35.5. The maximum atomic E-state index is 15.6. The fourth-order valence-electron chi connectivity index (χ4n) is 7.21. The lowest BCUT2D eigenvalue weighted by Crippen LogP contribution is -2.35. The smallest absolute Gasteiger partial charge is 0.387 e. The summed E-state index contributed by atoms with van der Waals surface area (Å²) in [7, 11) is 0. The molecule has 2 bridgehead atoms. The Bertz CT molecular complexity index is 1920. The average Bonchev–Trinajstić information content (AvgIpc) is 3.70. The van der Waals surface area contributed by atoms with Crippen LogP contribution in [0.5, 0.6) is 5.75 Å². The Morgan fingerprint density at radius 3 is 2.53 bits per heavy atom. The predicted molar refractivity (Wildman–Crippen MR) is 152 cm³/mol. The molecule has 1 aliphatic carbocycles. The Labute approximate surface area is 249 Å². The van der Waals surface area contributed by atoms with E-state index in [1.807, 2.05) is 22.1 Å². The highest BCUT2D eigenvalue weighted by Gasteiger charge is 2.44. The molecular weight excluding hydrogens is 586 g/mol. The maximum Gasteiger partial charge on any atom is 0.387 e. The van der Waals surface area contributed by atoms with Crippen molar-refractivity contribution in [3.63, 3.8) is 0 Å². The van der Waals surface area contributed by atoms with Crippen molar-refractivity contribution in [3.05, 3.63) is 77.1 Å². The molecule has 8 nitrogen and oxygen atoms in total. The molecule has 2 aliphatic heterocycles. The van der Waals surface area contributed by atoms with Crippen molar-refractivity contribution in [2.45, 2.75) is 63.3 Å². The van der Waals surface area contributed by atoms with Gasteiger partial charge in [-0.1, -0.05) is 25.0 Å². The maximum absolute atomic E-state index is 15.6. The first-order valence-electron chi connectivity index (χ1n) is 13.9. The molecule has 3 aliphatic rings. The summed E-state index contributed by atoms with van der Waals surface area (Å²) in [6.45, 7) is -1.21. The molecule has 0 radical (unpaired) electrons. The van der Waals surface area contributed by atoms with E-state index >= 15 is 8.78 Å². The lowest BCUT2D eigenvalue weighted by atomic mass is 9.92. The zero-order chi connectivity index (χ0) is 28.9. The molecule has 0 saturated heterocycles. The number of imidazole rings is 1. The van der Waals surface area contributed by atoms with Crippen LogP contribution in [0.25, 0.3) is 33.5 Å². The van der Waals surface area contributed by atoms with Crippen LogP contribution in [0.3, 0.4) is 0 Å². The molecule has 5 aromatic rings. The zero-order valence-corrected chi connectivity index (χ0v) is 23.7. The van der Waals surface area contributed by atoms with E-state index in [2.05, 4.69) is 15.2 Å². The second-order valence-electron chi connectivity index (χ2n) is 11.4. The number of rotatable bonds is 4. The summed E-state index contributed by atoms with van der Waals surface area (Å²) < 4.78 is 66.9. The number of pyridine rings is 1. The molecule has 13 heteroatoms. The van der Waals surface area contributed by atoms with Crippen molar-refractivity contribution >= 4 is 23.4 Å². The van der Waals surface area contributed by atoms with Crippen LogP contribution in [0, 0.1) is 18.6 Å². The van der Waals surface area contributed by atoms with Gasteiger partial charge in [0.15, 0.2) is 5.82 Å². The van der Waals surface area contributed by atoms with Gasteiger partial charge in [-0.2, -0.15) is 8.78 Å². The van der Waals surface area contributed by atoms with Gasteiger partial charge in [0.1, 0.15) is 29.0 Å².